The summed E-state index contributed by atoms with van der Waals surface area (Å²) in [5.74, 6) is -1.30. The number of rotatable bonds is 5. The van der Waals surface area contributed by atoms with E-state index in [1.54, 1.807) is 0 Å². The van der Waals surface area contributed by atoms with Gasteiger partial charge in [0.05, 0.1) is 11.4 Å². The van der Waals surface area contributed by atoms with Gasteiger partial charge in [0.15, 0.2) is 6.10 Å². The summed E-state index contributed by atoms with van der Waals surface area (Å²) in [5, 5.41) is 16.3. The number of hydrogen-bond donors (Lipinski definition) is 2. The number of ether oxygens (including phenoxy) is 1. The van der Waals surface area contributed by atoms with Gasteiger partial charge in [0.1, 0.15) is 6.10 Å². The molecule has 3 rings (SSSR count). The van der Waals surface area contributed by atoms with Gasteiger partial charge in [-0.05, 0) is 38.8 Å². The third-order valence-corrected chi connectivity index (χ3v) is 4.47. The van der Waals surface area contributed by atoms with E-state index in [0.29, 0.717) is 19.4 Å². The fourth-order valence-electron chi connectivity index (χ4n) is 3.05. The second-order valence-electron chi connectivity index (χ2n) is 6.14. The van der Waals surface area contributed by atoms with Gasteiger partial charge in [0, 0.05) is 17.8 Å². The van der Waals surface area contributed by atoms with Gasteiger partial charge in [-0.2, -0.15) is 5.10 Å². The number of carboxylic acids is 1. The smallest absolute Gasteiger partial charge is 0.332 e. The van der Waals surface area contributed by atoms with Gasteiger partial charge in [-0.3, -0.25) is 4.79 Å². The van der Waals surface area contributed by atoms with E-state index in [2.05, 4.69) is 10.4 Å². The number of amides is 1. The minimum atomic E-state index is -1.02. The Morgan fingerprint density at radius 2 is 1.92 bits per heavy atom. The molecule has 0 unspecified atom stereocenters. The SMILES string of the molecule is Cc1nn(-c2ccccc2)c(C)c1CNC(=O)[C@@H]1CC[C@H](C(=O)O)O1. The normalized spacial score (nSPS) is 19.8. The topological polar surface area (TPSA) is 93.5 Å². The Labute approximate surface area is 145 Å². The van der Waals surface area contributed by atoms with E-state index >= 15 is 0 Å². The molecule has 7 heteroatoms. The van der Waals surface area contributed by atoms with Crippen LogP contribution in [0.4, 0.5) is 0 Å². The molecule has 0 aliphatic carbocycles. The van der Waals surface area contributed by atoms with Crippen LogP contribution in [0.3, 0.4) is 0 Å². The Hall–Kier alpha value is -2.67. The Bertz CT molecular complexity index is 785. The number of nitrogens with zero attached hydrogens (tertiary/aromatic N) is 2. The van der Waals surface area contributed by atoms with E-state index in [4.69, 9.17) is 9.84 Å². The van der Waals surface area contributed by atoms with Crippen LogP contribution in [-0.2, 0) is 20.9 Å². The minimum absolute atomic E-state index is 0.282. The lowest BCUT2D eigenvalue weighted by molar-refractivity contribution is -0.151. The van der Waals surface area contributed by atoms with Gasteiger partial charge in [-0.15, -0.1) is 0 Å². The highest BCUT2D eigenvalue weighted by Crippen LogP contribution is 2.21. The molecule has 25 heavy (non-hydrogen) atoms. The van der Waals surface area contributed by atoms with E-state index in [1.165, 1.54) is 0 Å². The Morgan fingerprint density at radius 3 is 2.56 bits per heavy atom. The first-order chi connectivity index (χ1) is 12.0. The number of benzene rings is 1. The van der Waals surface area contributed by atoms with Crippen LogP contribution in [0.15, 0.2) is 30.3 Å². The van der Waals surface area contributed by atoms with E-state index in [0.717, 1.165) is 22.6 Å². The molecule has 0 saturated carbocycles. The van der Waals surface area contributed by atoms with E-state index in [1.807, 2.05) is 48.9 Å². The molecule has 2 heterocycles. The molecule has 1 aliphatic heterocycles. The molecule has 132 valence electrons. The number of para-hydroxylation sites is 1. The lowest BCUT2D eigenvalue weighted by atomic mass is 10.1. The molecule has 7 nitrogen and oxygen atoms in total. The first-order valence-corrected chi connectivity index (χ1v) is 8.24. The first-order valence-electron chi connectivity index (χ1n) is 8.24. The molecule has 1 amide bonds. The molecule has 1 aliphatic rings. The van der Waals surface area contributed by atoms with Crippen molar-refractivity contribution in [2.24, 2.45) is 0 Å². The highest BCUT2D eigenvalue weighted by atomic mass is 16.5. The second-order valence-corrected chi connectivity index (χ2v) is 6.14. The van der Waals surface area contributed by atoms with Gasteiger partial charge in [-0.1, -0.05) is 18.2 Å². The van der Waals surface area contributed by atoms with Crippen LogP contribution in [0.2, 0.25) is 0 Å². The van der Waals surface area contributed by atoms with Gasteiger partial charge >= 0.3 is 5.97 Å². The maximum atomic E-state index is 12.2. The third kappa shape index (κ3) is 3.56. The number of aryl methyl sites for hydroxylation is 1. The fraction of sp³-hybridized carbons (Fsp3) is 0.389. The summed E-state index contributed by atoms with van der Waals surface area (Å²) in [6.45, 7) is 4.20. The summed E-state index contributed by atoms with van der Waals surface area (Å²) in [6, 6.07) is 9.79. The summed E-state index contributed by atoms with van der Waals surface area (Å²) < 4.78 is 7.13. The summed E-state index contributed by atoms with van der Waals surface area (Å²) in [6.07, 6.45) is -0.813. The highest BCUT2D eigenvalue weighted by molar-refractivity contribution is 5.82. The Balaban J connectivity index is 1.67. The monoisotopic (exact) mass is 343 g/mol. The number of carbonyl (C=O) groups is 2. The quantitative estimate of drug-likeness (QED) is 0.862. The standard InChI is InChI=1S/C18H21N3O4/c1-11-14(12(2)21(20-11)13-6-4-3-5-7-13)10-19-17(22)15-8-9-16(25-15)18(23)24/h3-7,15-16H,8-10H2,1-2H3,(H,19,22)(H,23,24)/t15-,16+/m0/s1. The van der Waals surface area contributed by atoms with Crippen LogP contribution in [-0.4, -0.2) is 39.0 Å². The zero-order chi connectivity index (χ0) is 18.0. The van der Waals surface area contributed by atoms with Crippen LogP contribution >= 0.6 is 0 Å². The van der Waals surface area contributed by atoms with Crippen LogP contribution in [0.1, 0.15) is 29.8 Å². The Morgan fingerprint density at radius 1 is 1.24 bits per heavy atom. The van der Waals surface area contributed by atoms with Gasteiger partial charge < -0.3 is 15.2 Å². The molecule has 1 aromatic carbocycles. The number of nitrogens with one attached hydrogen (secondary N) is 1. The molecule has 1 saturated heterocycles. The van der Waals surface area contributed by atoms with Crippen molar-refractivity contribution in [3.05, 3.63) is 47.3 Å². The van der Waals surface area contributed by atoms with E-state index < -0.39 is 18.2 Å². The van der Waals surface area contributed by atoms with Gasteiger partial charge in [-0.25, -0.2) is 9.48 Å². The lowest BCUT2D eigenvalue weighted by Gasteiger charge is -2.12. The molecule has 1 fully saturated rings. The molecule has 2 atom stereocenters. The molecule has 0 radical (unpaired) electrons. The predicted octanol–water partition coefficient (Wildman–Crippen LogP) is 1.74. The fourth-order valence-corrected chi connectivity index (χ4v) is 3.05. The van der Waals surface area contributed by atoms with Crippen molar-refractivity contribution in [1.82, 2.24) is 15.1 Å². The first kappa shape index (κ1) is 17.2. The maximum Gasteiger partial charge on any atom is 0.332 e. The van der Waals surface area contributed by atoms with Crippen molar-refractivity contribution in [2.75, 3.05) is 0 Å². The van der Waals surface area contributed by atoms with Gasteiger partial charge in [0.25, 0.3) is 0 Å². The molecular formula is C18H21N3O4. The van der Waals surface area contributed by atoms with Crippen LogP contribution in [0, 0.1) is 13.8 Å². The molecular weight excluding hydrogens is 322 g/mol. The highest BCUT2D eigenvalue weighted by Gasteiger charge is 2.34. The summed E-state index contributed by atoms with van der Waals surface area (Å²) in [4.78, 5) is 23.1. The van der Waals surface area contributed by atoms with E-state index in [-0.39, 0.29) is 5.91 Å². The van der Waals surface area contributed by atoms with E-state index in [9.17, 15) is 9.59 Å². The summed E-state index contributed by atoms with van der Waals surface area (Å²) in [7, 11) is 0. The largest absolute Gasteiger partial charge is 0.479 e. The zero-order valence-electron chi connectivity index (χ0n) is 14.2. The van der Waals surface area contributed by atoms with Crippen LogP contribution in [0.5, 0.6) is 0 Å². The molecule has 0 spiro atoms. The van der Waals surface area contributed by atoms with Crippen molar-refractivity contribution in [3.63, 3.8) is 0 Å². The van der Waals surface area contributed by atoms with Crippen molar-refractivity contribution in [3.8, 4) is 5.69 Å². The van der Waals surface area contributed by atoms with Crippen molar-refractivity contribution in [1.29, 1.82) is 0 Å². The van der Waals surface area contributed by atoms with Crippen molar-refractivity contribution in [2.45, 2.75) is 45.4 Å². The van der Waals surface area contributed by atoms with Gasteiger partial charge in [0.2, 0.25) is 5.91 Å². The number of hydrogen-bond acceptors (Lipinski definition) is 4. The second kappa shape index (κ2) is 7.06. The molecule has 1 aromatic heterocycles. The lowest BCUT2D eigenvalue weighted by Crippen LogP contribution is -2.35. The Kier molecular flexibility index (Phi) is 4.85. The maximum absolute atomic E-state index is 12.2. The summed E-state index contributed by atoms with van der Waals surface area (Å²) in [5.41, 5.74) is 3.71. The summed E-state index contributed by atoms with van der Waals surface area (Å²) >= 11 is 0. The van der Waals surface area contributed by atoms with Crippen molar-refractivity contribution >= 4 is 11.9 Å². The number of aliphatic carboxylic acids is 1. The zero-order valence-corrected chi connectivity index (χ0v) is 14.2. The average molecular weight is 343 g/mol. The molecule has 2 aromatic rings. The third-order valence-electron chi connectivity index (χ3n) is 4.47. The van der Waals surface area contributed by atoms with Crippen molar-refractivity contribution < 1.29 is 19.4 Å². The number of aromatic nitrogens is 2. The average Bonchev–Trinajstić information content (AvgIpc) is 3.20. The number of carboxylic acid groups (broad SMARTS) is 1. The van der Waals surface area contributed by atoms with Crippen LogP contribution < -0.4 is 5.32 Å². The number of carbonyl (C=O) groups excluding carboxylic acids is 1. The molecule has 0 bridgehead atoms. The molecule has 2 N–H and O–H groups in total. The predicted molar refractivity (Wildman–Crippen MR) is 90.4 cm³/mol. The van der Waals surface area contributed by atoms with Crippen LogP contribution in [0.25, 0.3) is 5.69 Å². The minimum Gasteiger partial charge on any atom is -0.479 e.